The average Bonchev–Trinajstić information content (AvgIpc) is 2.92. The van der Waals surface area contributed by atoms with Crippen LogP contribution in [0.5, 0.6) is 0 Å². The molecule has 3 nitrogen and oxygen atoms in total. The molecule has 1 N–H and O–H groups in total. The first-order chi connectivity index (χ1) is 9.81. The fourth-order valence-corrected chi connectivity index (χ4v) is 3.18. The predicted octanol–water partition coefficient (Wildman–Crippen LogP) is 3.24. The van der Waals surface area contributed by atoms with E-state index in [1.54, 1.807) is 0 Å². The molecule has 1 heterocycles. The minimum atomic E-state index is 0.662. The summed E-state index contributed by atoms with van der Waals surface area (Å²) in [6, 6.07) is 11.6. The van der Waals surface area contributed by atoms with Crippen LogP contribution in [0.4, 0.5) is 0 Å². The first kappa shape index (κ1) is 13.4. The van der Waals surface area contributed by atoms with Gasteiger partial charge in [0.2, 0.25) is 0 Å². The van der Waals surface area contributed by atoms with Crippen LogP contribution in [0.3, 0.4) is 0 Å². The summed E-state index contributed by atoms with van der Waals surface area (Å²) in [5.41, 5.74) is 2.79. The maximum Gasteiger partial charge on any atom is 0.0534 e. The van der Waals surface area contributed by atoms with Crippen LogP contribution in [0.2, 0.25) is 0 Å². The lowest BCUT2D eigenvalue weighted by Gasteiger charge is -2.29. The van der Waals surface area contributed by atoms with Crippen LogP contribution in [-0.4, -0.2) is 15.8 Å². The average molecular weight is 269 g/mol. The van der Waals surface area contributed by atoms with Crippen molar-refractivity contribution in [2.75, 3.05) is 0 Å². The molecular formula is C17H23N3. The third kappa shape index (κ3) is 3.28. The van der Waals surface area contributed by atoms with Crippen LogP contribution in [0.1, 0.15) is 42.7 Å². The minimum absolute atomic E-state index is 0.662. The van der Waals surface area contributed by atoms with Gasteiger partial charge in [-0.05, 0) is 37.2 Å². The van der Waals surface area contributed by atoms with E-state index < -0.39 is 0 Å². The Bertz CT molecular complexity index is 524. The molecule has 1 saturated carbocycles. The number of aryl methyl sites for hydroxylation is 1. The molecule has 20 heavy (non-hydrogen) atoms. The molecule has 1 aliphatic rings. The molecule has 0 amide bonds. The lowest BCUT2D eigenvalue weighted by molar-refractivity contribution is 0.341. The Kier molecular flexibility index (Phi) is 4.16. The zero-order valence-corrected chi connectivity index (χ0v) is 12.1. The summed E-state index contributed by atoms with van der Waals surface area (Å²) in [5, 5.41) is 7.88. The molecular weight excluding hydrogens is 246 g/mol. The molecule has 0 radical (unpaired) electrons. The first-order valence-electron chi connectivity index (χ1n) is 7.57. The number of benzene rings is 1. The van der Waals surface area contributed by atoms with Gasteiger partial charge >= 0.3 is 0 Å². The van der Waals surface area contributed by atoms with Crippen molar-refractivity contribution >= 4 is 0 Å². The van der Waals surface area contributed by atoms with Crippen LogP contribution in [0.25, 0.3) is 0 Å². The van der Waals surface area contributed by atoms with E-state index >= 15 is 0 Å². The highest BCUT2D eigenvalue weighted by atomic mass is 15.2. The van der Waals surface area contributed by atoms with Crippen LogP contribution >= 0.6 is 0 Å². The molecule has 0 aliphatic heterocycles. The summed E-state index contributed by atoms with van der Waals surface area (Å²) in [4.78, 5) is 0. The maximum absolute atomic E-state index is 4.21. The predicted molar refractivity (Wildman–Crippen MR) is 81.5 cm³/mol. The third-order valence-electron chi connectivity index (χ3n) is 4.35. The standard InChI is InChI=1S/C17H23N3/c1-20-13-14(12-19-20)11-18-17-9-7-16(8-10-17)15-5-3-2-4-6-15/h2-6,12-13,16-18H,7-11H2,1H3. The number of nitrogens with one attached hydrogen (secondary N) is 1. The molecule has 0 spiro atoms. The van der Waals surface area contributed by atoms with Crippen LogP contribution in [0.15, 0.2) is 42.7 Å². The maximum atomic E-state index is 4.21. The molecule has 1 aromatic heterocycles. The van der Waals surface area contributed by atoms with Gasteiger partial charge in [0.1, 0.15) is 0 Å². The van der Waals surface area contributed by atoms with Gasteiger partial charge in [-0.25, -0.2) is 0 Å². The normalized spacial score (nSPS) is 22.9. The Hall–Kier alpha value is -1.61. The van der Waals surface area contributed by atoms with Crippen molar-refractivity contribution in [3.05, 3.63) is 53.9 Å². The van der Waals surface area contributed by atoms with Gasteiger partial charge in [-0.15, -0.1) is 0 Å². The molecule has 0 unspecified atom stereocenters. The van der Waals surface area contributed by atoms with Crippen molar-refractivity contribution in [2.24, 2.45) is 7.05 Å². The van der Waals surface area contributed by atoms with Gasteiger partial charge in [-0.1, -0.05) is 30.3 Å². The Labute approximate surface area is 121 Å². The van der Waals surface area contributed by atoms with Crippen molar-refractivity contribution in [1.82, 2.24) is 15.1 Å². The summed E-state index contributed by atoms with van der Waals surface area (Å²) in [6.45, 7) is 0.939. The lowest BCUT2D eigenvalue weighted by Crippen LogP contribution is -2.32. The Morgan fingerprint density at radius 1 is 1.15 bits per heavy atom. The Balaban J connectivity index is 1.47. The zero-order valence-electron chi connectivity index (χ0n) is 12.1. The topological polar surface area (TPSA) is 29.9 Å². The molecule has 3 rings (SSSR count). The van der Waals surface area contributed by atoms with E-state index in [0.29, 0.717) is 6.04 Å². The van der Waals surface area contributed by atoms with E-state index in [4.69, 9.17) is 0 Å². The highest BCUT2D eigenvalue weighted by Crippen LogP contribution is 2.32. The molecule has 3 heteroatoms. The molecule has 0 bridgehead atoms. The van der Waals surface area contributed by atoms with Crippen molar-refractivity contribution in [3.63, 3.8) is 0 Å². The van der Waals surface area contributed by atoms with Gasteiger partial charge in [0.25, 0.3) is 0 Å². The van der Waals surface area contributed by atoms with E-state index in [2.05, 4.69) is 46.9 Å². The third-order valence-corrected chi connectivity index (χ3v) is 4.35. The molecule has 1 fully saturated rings. The number of hydrogen-bond donors (Lipinski definition) is 1. The monoisotopic (exact) mass is 269 g/mol. The molecule has 0 saturated heterocycles. The van der Waals surface area contributed by atoms with E-state index in [0.717, 1.165) is 12.5 Å². The van der Waals surface area contributed by atoms with Crippen molar-refractivity contribution < 1.29 is 0 Å². The Morgan fingerprint density at radius 3 is 2.55 bits per heavy atom. The smallest absolute Gasteiger partial charge is 0.0534 e. The number of aromatic nitrogens is 2. The van der Waals surface area contributed by atoms with Gasteiger partial charge in [-0.3, -0.25) is 4.68 Å². The van der Waals surface area contributed by atoms with Gasteiger partial charge in [-0.2, -0.15) is 5.10 Å². The minimum Gasteiger partial charge on any atom is -0.310 e. The van der Waals surface area contributed by atoms with Crippen molar-refractivity contribution in [3.8, 4) is 0 Å². The largest absolute Gasteiger partial charge is 0.310 e. The second kappa shape index (κ2) is 6.23. The fraction of sp³-hybridized carbons (Fsp3) is 0.471. The summed E-state index contributed by atoms with van der Waals surface area (Å²) in [5.74, 6) is 0.757. The van der Waals surface area contributed by atoms with Gasteiger partial charge in [0, 0.05) is 31.4 Å². The van der Waals surface area contributed by atoms with Crippen LogP contribution < -0.4 is 5.32 Å². The first-order valence-corrected chi connectivity index (χ1v) is 7.57. The summed E-state index contributed by atoms with van der Waals surface area (Å²) in [6.07, 6.45) is 9.19. The highest BCUT2D eigenvalue weighted by Gasteiger charge is 2.21. The SMILES string of the molecule is Cn1cc(CNC2CCC(c3ccccc3)CC2)cn1. The zero-order chi connectivity index (χ0) is 13.8. The van der Waals surface area contributed by atoms with E-state index in [1.807, 2.05) is 17.9 Å². The van der Waals surface area contributed by atoms with E-state index in [-0.39, 0.29) is 0 Å². The van der Waals surface area contributed by atoms with Crippen LogP contribution in [0, 0.1) is 0 Å². The van der Waals surface area contributed by atoms with Crippen molar-refractivity contribution in [1.29, 1.82) is 0 Å². The highest BCUT2D eigenvalue weighted by molar-refractivity contribution is 5.20. The molecule has 0 atom stereocenters. The number of rotatable bonds is 4. The summed E-state index contributed by atoms with van der Waals surface area (Å²) in [7, 11) is 1.97. The van der Waals surface area contributed by atoms with Crippen molar-refractivity contribution in [2.45, 2.75) is 44.2 Å². The fourth-order valence-electron chi connectivity index (χ4n) is 3.18. The Morgan fingerprint density at radius 2 is 1.90 bits per heavy atom. The van der Waals surface area contributed by atoms with Crippen LogP contribution in [-0.2, 0) is 13.6 Å². The summed E-state index contributed by atoms with van der Waals surface area (Å²) >= 11 is 0. The van der Waals surface area contributed by atoms with Gasteiger partial charge < -0.3 is 5.32 Å². The quantitative estimate of drug-likeness (QED) is 0.923. The van der Waals surface area contributed by atoms with E-state index in [1.165, 1.54) is 36.8 Å². The second-order valence-corrected chi connectivity index (χ2v) is 5.86. The van der Waals surface area contributed by atoms with Gasteiger partial charge in [0.15, 0.2) is 0 Å². The lowest BCUT2D eigenvalue weighted by atomic mass is 9.82. The molecule has 1 aliphatic carbocycles. The van der Waals surface area contributed by atoms with E-state index in [9.17, 15) is 0 Å². The summed E-state index contributed by atoms with van der Waals surface area (Å²) < 4.78 is 1.86. The molecule has 1 aromatic carbocycles. The molecule has 2 aromatic rings. The number of hydrogen-bond acceptors (Lipinski definition) is 2. The molecule has 106 valence electrons. The second-order valence-electron chi connectivity index (χ2n) is 5.86. The van der Waals surface area contributed by atoms with Gasteiger partial charge in [0.05, 0.1) is 6.20 Å². The number of nitrogens with zero attached hydrogens (tertiary/aromatic N) is 2.